The fourth-order valence-electron chi connectivity index (χ4n) is 1.13. The summed E-state index contributed by atoms with van der Waals surface area (Å²) in [5.74, 6) is -1.02. The first-order chi connectivity index (χ1) is 7.33. The van der Waals surface area contributed by atoms with Crippen LogP contribution in [0.5, 0.6) is 5.75 Å². The zero-order valence-corrected chi connectivity index (χ0v) is 9.83. The number of benzene rings is 1. The van der Waals surface area contributed by atoms with Crippen LogP contribution >= 0.6 is 0 Å². The van der Waals surface area contributed by atoms with E-state index in [0.717, 1.165) is 6.07 Å². The highest BCUT2D eigenvalue weighted by Gasteiger charge is 2.18. The fraction of sp³-hybridized carbons (Fsp3) is 0.417. The first-order valence-electron chi connectivity index (χ1n) is 4.90. The van der Waals surface area contributed by atoms with Crippen molar-refractivity contribution in [3.63, 3.8) is 0 Å². The number of esters is 1. The Morgan fingerprint density at radius 2 is 1.94 bits per heavy atom. The van der Waals surface area contributed by atoms with Crippen molar-refractivity contribution in [2.24, 2.45) is 0 Å². The van der Waals surface area contributed by atoms with E-state index >= 15 is 0 Å². The number of hydrogen-bond donors (Lipinski definition) is 0. The van der Waals surface area contributed by atoms with Crippen molar-refractivity contribution in [1.82, 2.24) is 0 Å². The molecule has 1 rings (SSSR count). The van der Waals surface area contributed by atoms with E-state index in [4.69, 9.17) is 9.47 Å². The van der Waals surface area contributed by atoms with Crippen molar-refractivity contribution in [3.05, 3.63) is 29.6 Å². The molecule has 0 heterocycles. The van der Waals surface area contributed by atoms with Crippen LogP contribution in [0, 0.1) is 5.82 Å². The second-order valence-electron chi connectivity index (χ2n) is 4.35. The summed E-state index contributed by atoms with van der Waals surface area (Å²) in [7, 11) is 1.37. The predicted octanol–water partition coefficient (Wildman–Crippen LogP) is 2.79. The van der Waals surface area contributed by atoms with E-state index < -0.39 is 17.4 Å². The molecule has 1 aromatic rings. The fourth-order valence-corrected chi connectivity index (χ4v) is 1.13. The molecule has 0 atom stereocenters. The molecule has 0 N–H and O–H groups in total. The van der Waals surface area contributed by atoms with E-state index in [9.17, 15) is 9.18 Å². The summed E-state index contributed by atoms with van der Waals surface area (Å²) in [5, 5.41) is 0. The van der Waals surface area contributed by atoms with Crippen LogP contribution < -0.4 is 4.74 Å². The van der Waals surface area contributed by atoms with Gasteiger partial charge < -0.3 is 9.47 Å². The van der Waals surface area contributed by atoms with Crippen LogP contribution in [0.4, 0.5) is 4.39 Å². The van der Waals surface area contributed by atoms with E-state index in [0.29, 0.717) is 0 Å². The maximum absolute atomic E-state index is 13.3. The van der Waals surface area contributed by atoms with Gasteiger partial charge >= 0.3 is 5.97 Å². The first kappa shape index (κ1) is 12.5. The number of halogens is 1. The molecule has 0 unspecified atom stereocenters. The van der Waals surface area contributed by atoms with Crippen LogP contribution in [0.1, 0.15) is 31.1 Å². The Hall–Kier alpha value is -1.58. The molecule has 0 radical (unpaired) electrons. The van der Waals surface area contributed by atoms with Gasteiger partial charge in [-0.25, -0.2) is 9.18 Å². The van der Waals surface area contributed by atoms with E-state index in [1.54, 1.807) is 20.8 Å². The van der Waals surface area contributed by atoms with Gasteiger partial charge in [-0.2, -0.15) is 0 Å². The van der Waals surface area contributed by atoms with Gasteiger partial charge in [-0.3, -0.25) is 0 Å². The average Bonchev–Trinajstić information content (AvgIpc) is 2.15. The first-order valence-corrected chi connectivity index (χ1v) is 4.90. The largest absolute Gasteiger partial charge is 0.494 e. The minimum atomic E-state index is -0.590. The summed E-state index contributed by atoms with van der Waals surface area (Å²) in [6.07, 6.45) is 0. The number of carbonyl (C=O) groups excluding carboxylic acids is 1. The molecule has 0 aliphatic rings. The SMILES string of the molecule is COc1ccc(C(=O)OC(C)(C)C)cc1F. The minimum absolute atomic E-state index is 0.104. The van der Waals surface area contributed by atoms with Crippen LogP contribution in [-0.4, -0.2) is 18.7 Å². The quantitative estimate of drug-likeness (QED) is 0.727. The highest BCUT2D eigenvalue weighted by atomic mass is 19.1. The highest BCUT2D eigenvalue weighted by molar-refractivity contribution is 5.89. The van der Waals surface area contributed by atoms with E-state index in [-0.39, 0.29) is 11.3 Å². The molecule has 16 heavy (non-hydrogen) atoms. The molecule has 0 amide bonds. The zero-order valence-electron chi connectivity index (χ0n) is 9.83. The third kappa shape index (κ3) is 3.22. The summed E-state index contributed by atoms with van der Waals surface area (Å²) in [5.41, 5.74) is -0.416. The molecule has 0 saturated carbocycles. The molecule has 0 aliphatic carbocycles. The van der Waals surface area contributed by atoms with Crippen LogP contribution in [0.25, 0.3) is 0 Å². The topological polar surface area (TPSA) is 35.5 Å². The normalized spacial score (nSPS) is 11.1. The summed E-state index contributed by atoms with van der Waals surface area (Å²) < 4.78 is 23.2. The monoisotopic (exact) mass is 226 g/mol. The second kappa shape index (κ2) is 4.51. The Morgan fingerprint density at radius 3 is 2.38 bits per heavy atom. The van der Waals surface area contributed by atoms with Gasteiger partial charge in [0, 0.05) is 0 Å². The lowest BCUT2D eigenvalue weighted by atomic mass is 10.1. The van der Waals surface area contributed by atoms with Gasteiger partial charge in [0.25, 0.3) is 0 Å². The number of methoxy groups -OCH3 is 1. The molecule has 0 bridgehead atoms. The van der Waals surface area contributed by atoms with E-state index in [2.05, 4.69) is 0 Å². The smallest absolute Gasteiger partial charge is 0.338 e. The summed E-state index contributed by atoms with van der Waals surface area (Å²) >= 11 is 0. The lowest BCUT2D eigenvalue weighted by Gasteiger charge is -2.19. The molecule has 4 heteroatoms. The molecule has 0 fully saturated rings. The van der Waals surface area contributed by atoms with Crippen LogP contribution in [-0.2, 0) is 4.74 Å². The average molecular weight is 226 g/mol. The number of carbonyl (C=O) groups is 1. The van der Waals surface area contributed by atoms with Crippen molar-refractivity contribution < 1.29 is 18.7 Å². The minimum Gasteiger partial charge on any atom is -0.494 e. The van der Waals surface area contributed by atoms with Crippen molar-refractivity contribution in [2.75, 3.05) is 7.11 Å². The third-order valence-corrected chi connectivity index (χ3v) is 1.79. The van der Waals surface area contributed by atoms with E-state index in [1.165, 1.54) is 19.2 Å². The van der Waals surface area contributed by atoms with E-state index in [1.807, 2.05) is 0 Å². The molecule has 0 saturated heterocycles. The summed E-state index contributed by atoms with van der Waals surface area (Å²) in [6, 6.07) is 3.97. The van der Waals surface area contributed by atoms with Gasteiger partial charge in [0.15, 0.2) is 11.6 Å². The number of hydrogen-bond acceptors (Lipinski definition) is 3. The van der Waals surface area contributed by atoms with Crippen molar-refractivity contribution in [3.8, 4) is 5.75 Å². The van der Waals surface area contributed by atoms with Gasteiger partial charge in [-0.15, -0.1) is 0 Å². The Morgan fingerprint density at radius 1 is 1.31 bits per heavy atom. The maximum atomic E-state index is 13.3. The Balaban J connectivity index is 2.89. The molecule has 88 valence electrons. The van der Waals surface area contributed by atoms with Crippen LogP contribution in [0.2, 0.25) is 0 Å². The van der Waals surface area contributed by atoms with Crippen molar-refractivity contribution in [2.45, 2.75) is 26.4 Å². The standard InChI is InChI=1S/C12H15FO3/c1-12(2,3)16-11(14)8-5-6-10(15-4)9(13)7-8/h5-7H,1-4H3. The highest BCUT2D eigenvalue weighted by Crippen LogP contribution is 2.19. The Kier molecular flexibility index (Phi) is 3.52. The Bertz CT molecular complexity index is 394. The summed E-state index contributed by atoms with van der Waals surface area (Å²) in [4.78, 5) is 11.6. The molecular weight excluding hydrogens is 211 g/mol. The number of rotatable bonds is 2. The maximum Gasteiger partial charge on any atom is 0.338 e. The Labute approximate surface area is 94.2 Å². The van der Waals surface area contributed by atoms with Crippen LogP contribution in [0.15, 0.2) is 18.2 Å². The van der Waals surface area contributed by atoms with Crippen molar-refractivity contribution in [1.29, 1.82) is 0 Å². The predicted molar refractivity (Wildman–Crippen MR) is 58.1 cm³/mol. The van der Waals surface area contributed by atoms with Gasteiger partial charge in [-0.1, -0.05) is 0 Å². The zero-order chi connectivity index (χ0) is 12.3. The molecular formula is C12H15FO3. The summed E-state index contributed by atoms with van der Waals surface area (Å²) in [6.45, 7) is 5.26. The van der Waals surface area contributed by atoms with Gasteiger partial charge in [0.1, 0.15) is 5.60 Å². The van der Waals surface area contributed by atoms with Crippen molar-refractivity contribution >= 4 is 5.97 Å². The molecule has 0 aliphatic heterocycles. The lowest BCUT2D eigenvalue weighted by Crippen LogP contribution is -2.23. The number of ether oxygens (including phenoxy) is 2. The molecule has 1 aromatic carbocycles. The van der Waals surface area contributed by atoms with Gasteiger partial charge in [-0.05, 0) is 39.0 Å². The molecule has 0 spiro atoms. The molecule has 3 nitrogen and oxygen atoms in total. The van der Waals surface area contributed by atoms with Crippen LogP contribution in [0.3, 0.4) is 0 Å². The molecule has 0 aromatic heterocycles. The lowest BCUT2D eigenvalue weighted by molar-refractivity contribution is 0.00690. The second-order valence-corrected chi connectivity index (χ2v) is 4.35. The van der Waals surface area contributed by atoms with Gasteiger partial charge in [0.2, 0.25) is 0 Å². The third-order valence-electron chi connectivity index (χ3n) is 1.79. The van der Waals surface area contributed by atoms with Gasteiger partial charge in [0.05, 0.1) is 12.7 Å².